The van der Waals surface area contributed by atoms with Crippen molar-refractivity contribution in [2.75, 3.05) is 0 Å². The van der Waals surface area contributed by atoms with Gasteiger partial charge in [-0.2, -0.15) is 0 Å². The van der Waals surface area contributed by atoms with Gasteiger partial charge in [-0.25, -0.2) is 9.59 Å². The summed E-state index contributed by atoms with van der Waals surface area (Å²) in [4.78, 5) is 39.4. The van der Waals surface area contributed by atoms with Gasteiger partial charge < -0.3 is 14.8 Å². The van der Waals surface area contributed by atoms with Crippen molar-refractivity contribution in [3.05, 3.63) is 106 Å². The predicted molar refractivity (Wildman–Crippen MR) is 135 cm³/mol. The second-order valence-corrected chi connectivity index (χ2v) is 9.53. The molecule has 0 heterocycles. The average Bonchev–Trinajstić information content (AvgIpc) is 2.81. The highest BCUT2D eigenvalue weighted by atomic mass is 35.5. The second-order valence-electron chi connectivity index (χ2n) is 9.10. The van der Waals surface area contributed by atoms with E-state index >= 15 is 0 Å². The number of halogens is 1. The lowest BCUT2D eigenvalue weighted by molar-refractivity contribution is 0.0149. The molecular weight excluding hydrogens is 466 g/mol. The SMILES string of the molecule is Cc1ccc(C(NC(=O)OC(C)(C)C)C(OC(=O)c2ccccc2)C(=O)c2ccc(Cl)cc2)cc1. The van der Waals surface area contributed by atoms with Crippen molar-refractivity contribution in [2.24, 2.45) is 0 Å². The largest absolute Gasteiger partial charge is 0.448 e. The van der Waals surface area contributed by atoms with E-state index in [1.807, 2.05) is 19.1 Å². The van der Waals surface area contributed by atoms with Gasteiger partial charge in [0.1, 0.15) is 11.6 Å². The van der Waals surface area contributed by atoms with Gasteiger partial charge in [-0.05, 0) is 69.7 Å². The standard InChI is InChI=1S/C28H28ClNO5/c1-18-10-12-19(13-11-18)23(30-27(33)35-28(2,3)4)25(24(31)20-14-16-22(29)17-15-20)34-26(32)21-8-6-5-7-9-21/h5-17,23,25H,1-4H3,(H,30,33). The Labute approximate surface area is 210 Å². The first-order chi connectivity index (χ1) is 16.5. The summed E-state index contributed by atoms with van der Waals surface area (Å²) in [5, 5.41) is 3.20. The first-order valence-corrected chi connectivity index (χ1v) is 11.5. The molecule has 35 heavy (non-hydrogen) atoms. The lowest BCUT2D eigenvalue weighted by atomic mass is 9.94. The van der Waals surface area contributed by atoms with Gasteiger partial charge in [0.05, 0.1) is 5.56 Å². The van der Waals surface area contributed by atoms with E-state index in [0.717, 1.165) is 5.56 Å². The summed E-state index contributed by atoms with van der Waals surface area (Å²) in [6.45, 7) is 7.13. The molecule has 0 aromatic heterocycles. The van der Waals surface area contributed by atoms with Crippen LogP contribution in [0.15, 0.2) is 78.9 Å². The van der Waals surface area contributed by atoms with Crippen LogP contribution in [0.3, 0.4) is 0 Å². The van der Waals surface area contributed by atoms with Gasteiger partial charge in [-0.3, -0.25) is 4.79 Å². The molecule has 0 saturated heterocycles. The van der Waals surface area contributed by atoms with Crippen molar-refractivity contribution in [1.82, 2.24) is 5.32 Å². The number of hydrogen-bond acceptors (Lipinski definition) is 5. The molecule has 2 unspecified atom stereocenters. The lowest BCUT2D eigenvalue weighted by Crippen LogP contribution is -2.44. The third kappa shape index (κ3) is 7.42. The van der Waals surface area contributed by atoms with E-state index in [-0.39, 0.29) is 11.1 Å². The van der Waals surface area contributed by atoms with Crippen LogP contribution in [0, 0.1) is 6.92 Å². The summed E-state index contributed by atoms with van der Waals surface area (Å²) >= 11 is 5.99. The van der Waals surface area contributed by atoms with Gasteiger partial charge in [-0.1, -0.05) is 59.6 Å². The fourth-order valence-corrected chi connectivity index (χ4v) is 3.48. The predicted octanol–water partition coefficient (Wildman–Crippen LogP) is 6.32. The van der Waals surface area contributed by atoms with Crippen LogP contribution in [-0.4, -0.2) is 29.6 Å². The number of benzene rings is 3. The quantitative estimate of drug-likeness (QED) is 0.307. The fourth-order valence-electron chi connectivity index (χ4n) is 3.35. The third-order valence-corrected chi connectivity index (χ3v) is 5.29. The molecule has 6 nitrogen and oxygen atoms in total. The van der Waals surface area contributed by atoms with Gasteiger partial charge in [0, 0.05) is 10.6 Å². The van der Waals surface area contributed by atoms with Gasteiger partial charge in [0.15, 0.2) is 6.10 Å². The molecule has 1 N–H and O–H groups in total. The molecule has 0 saturated carbocycles. The minimum absolute atomic E-state index is 0.279. The van der Waals surface area contributed by atoms with E-state index < -0.39 is 35.6 Å². The Bertz CT molecular complexity index is 1170. The van der Waals surface area contributed by atoms with E-state index in [1.165, 1.54) is 0 Å². The summed E-state index contributed by atoms with van der Waals surface area (Å²) in [7, 11) is 0. The van der Waals surface area contributed by atoms with Crippen LogP contribution in [0.2, 0.25) is 5.02 Å². The topological polar surface area (TPSA) is 81.7 Å². The maximum Gasteiger partial charge on any atom is 0.408 e. The van der Waals surface area contributed by atoms with Crippen molar-refractivity contribution in [3.8, 4) is 0 Å². The van der Waals surface area contributed by atoms with Crippen LogP contribution in [0.5, 0.6) is 0 Å². The molecule has 0 fully saturated rings. The van der Waals surface area contributed by atoms with E-state index in [0.29, 0.717) is 10.6 Å². The van der Waals surface area contributed by atoms with Crippen LogP contribution in [0.4, 0.5) is 4.79 Å². The van der Waals surface area contributed by atoms with Gasteiger partial charge >= 0.3 is 12.1 Å². The Kier molecular flexibility index (Phi) is 8.30. The van der Waals surface area contributed by atoms with Crippen LogP contribution in [0.25, 0.3) is 0 Å². The summed E-state index contributed by atoms with van der Waals surface area (Å²) < 4.78 is 11.2. The molecule has 3 rings (SSSR count). The average molecular weight is 494 g/mol. The van der Waals surface area contributed by atoms with Crippen molar-refractivity contribution >= 4 is 29.4 Å². The number of aryl methyl sites for hydroxylation is 1. The maximum absolute atomic E-state index is 13.7. The molecule has 0 radical (unpaired) electrons. The Balaban J connectivity index is 2.05. The normalized spacial score (nSPS) is 12.8. The number of ether oxygens (including phenoxy) is 2. The zero-order chi connectivity index (χ0) is 25.6. The van der Waals surface area contributed by atoms with Crippen LogP contribution in [0.1, 0.15) is 58.7 Å². The first kappa shape index (κ1) is 26.0. The molecule has 0 aliphatic rings. The molecule has 0 aliphatic heterocycles. The summed E-state index contributed by atoms with van der Waals surface area (Å²) in [5.41, 5.74) is 1.36. The molecule has 0 aliphatic carbocycles. The molecule has 0 bridgehead atoms. The Morgan fingerprint density at radius 3 is 2.00 bits per heavy atom. The van der Waals surface area contributed by atoms with Crippen LogP contribution >= 0.6 is 11.6 Å². The van der Waals surface area contributed by atoms with Crippen molar-refractivity contribution in [3.63, 3.8) is 0 Å². The smallest absolute Gasteiger partial charge is 0.408 e. The summed E-state index contributed by atoms with van der Waals surface area (Å²) in [6.07, 6.45) is -2.12. The van der Waals surface area contributed by atoms with E-state index in [4.69, 9.17) is 21.1 Å². The highest BCUT2D eigenvalue weighted by molar-refractivity contribution is 6.30. The molecule has 2 atom stereocenters. The Morgan fingerprint density at radius 1 is 0.829 bits per heavy atom. The molecule has 7 heteroatoms. The lowest BCUT2D eigenvalue weighted by Gasteiger charge is -2.29. The minimum Gasteiger partial charge on any atom is -0.448 e. The number of carbonyl (C=O) groups is 3. The number of ketones is 1. The Hall–Kier alpha value is -3.64. The highest BCUT2D eigenvalue weighted by Crippen LogP contribution is 2.26. The molecule has 3 aromatic rings. The molecule has 3 aromatic carbocycles. The fraction of sp³-hybridized carbons (Fsp3) is 0.250. The highest BCUT2D eigenvalue weighted by Gasteiger charge is 2.36. The number of hydrogen-bond donors (Lipinski definition) is 1. The zero-order valence-corrected chi connectivity index (χ0v) is 20.8. The third-order valence-electron chi connectivity index (χ3n) is 5.04. The van der Waals surface area contributed by atoms with Gasteiger partial charge in [-0.15, -0.1) is 0 Å². The molecule has 0 spiro atoms. The van der Waals surface area contributed by atoms with Gasteiger partial charge in [0.25, 0.3) is 0 Å². The monoisotopic (exact) mass is 493 g/mol. The number of esters is 1. The van der Waals surface area contributed by atoms with Crippen molar-refractivity contribution < 1.29 is 23.9 Å². The van der Waals surface area contributed by atoms with E-state index in [9.17, 15) is 14.4 Å². The minimum atomic E-state index is -1.38. The van der Waals surface area contributed by atoms with Crippen molar-refractivity contribution in [1.29, 1.82) is 0 Å². The molecular formula is C28H28ClNO5. The van der Waals surface area contributed by atoms with Crippen molar-refractivity contribution in [2.45, 2.75) is 45.4 Å². The molecule has 1 amide bonds. The number of carbonyl (C=O) groups excluding carboxylic acids is 3. The number of rotatable bonds is 7. The molecule has 182 valence electrons. The number of nitrogens with one attached hydrogen (secondary N) is 1. The number of Topliss-reactive ketones (excluding diaryl/α,β-unsaturated/α-hetero) is 1. The second kappa shape index (κ2) is 11.2. The van der Waals surface area contributed by atoms with Crippen LogP contribution in [-0.2, 0) is 9.47 Å². The Morgan fingerprint density at radius 2 is 1.43 bits per heavy atom. The maximum atomic E-state index is 13.7. The zero-order valence-electron chi connectivity index (χ0n) is 20.1. The van der Waals surface area contributed by atoms with Gasteiger partial charge in [0.2, 0.25) is 5.78 Å². The van der Waals surface area contributed by atoms with E-state index in [1.54, 1.807) is 87.5 Å². The summed E-state index contributed by atoms with van der Waals surface area (Å²) in [5.74, 6) is -1.19. The number of amides is 1. The first-order valence-electron chi connectivity index (χ1n) is 11.2. The van der Waals surface area contributed by atoms with Crippen LogP contribution < -0.4 is 5.32 Å². The summed E-state index contributed by atoms with van der Waals surface area (Å²) in [6, 6.07) is 20.8. The number of alkyl carbamates (subject to hydrolysis) is 1. The van der Waals surface area contributed by atoms with E-state index in [2.05, 4.69) is 5.32 Å².